The van der Waals surface area contributed by atoms with Crippen molar-refractivity contribution in [1.29, 1.82) is 0 Å². The molecule has 0 unspecified atom stereocenters. The molecule has 0 atom stereocenters. The summed E-state index contributed by atoms with van der Waals surface area (Å²) in [6.07, 6.45) is 2.12. The van der Waals surface area contributed by atoms with Gasteiger partial charge in [0.2, 0.25) is 0 Å². The number of ether oxygens (including phenoxy) is 1. The van der Waals surface area contributed by atoms with Gasteiger partial charge in [-0.1, -0.05) is 0 Å². The Bertz CT molecular complexity index is 686. The molecule has 2 aromatic heterocycles. The van der Waals surface area contributed by atoms with Gasteiger partial charge in [-0.05, 0) is 46.3 Å². The van der Waals surface area contributed by atoms with E-state index in [0.717, 1.165) is 16.8 Å². The number of nitrogens with zero attached hydrogens (tertiary/aromatic N) is 1. The lowest BCUT2D eigenvalue weighted by Gasteiger charge is -2.04. The lowest BCUT2D eigenvalue weighted by atomic mass is 10.2. The average molecular weight is 322 g/mol. The zero-order valence-electron chi connectivity index (χ0n) is 9.89. The van der Waals surface area contributed by atoms with Crippen molar-refractivity contribution in [1.82, 2.24) is 4.57 Å². The number of benzene rings is 1. The Hall–Kier alpha value is -1.26. The molecule has 4 heteroatoms. The van der Waals surface area contributed by atoms with Gasteiger partial charge in [0.15, 0.2) is 0 Å². The summed E-state index contributed by atoms with van der Waals surface area (Å²) in [6, 6.07) is 10.5. The molecule has 3 aromatic rings. The normalized spacial score (nSPS) is 11.0. The molecule has 0 amide bonds. The Kier molecular flexibility index (Phi) is 3.14. The molecule has 0 saturated carbocycles. The van der Waals surface area contributed by atoms with Gasteiger partial charge in [0.1, 0.15) is 5.75 Å². The molecule has 0 aliphatic heterocycles. The van der Waals surface area contributed by atoms with E-state index in [4.69, 9.17) is 4.74 Å². The maximum Gasteiger partial charge on any atom is 0.119 e. The monoisotopic (exact) mass is 321 g/mol. The maximum atomic E-state index is 5.24. The standard InChI is InChI=1S/C14H12BrNOS/c1-17-12-2-3-14-10(6-12)4-5-16(14)8-13-7-11(15)9-18-13/h2-7,9H,8H2,1H3. The fourth-order valence-corrected chi connectivity index (χ4v) is 3.50. The molecule has 2 heterocycles. The van der Waals surface area contributed by atoms with E-state index in [1.54, 1.807) is 18.4 Å². The number of halogens is 1. The van der Waals surface area contributed by atoms with Crippen LogP contribution in [0.3, 0.4) is 0 Å². The highest BCUT2D eigenvalue weighted by molar-refractivity contribution is 9.10. The minimum atomic E-state index is 0.902. The number of methoxy groups -OCH3 is 1. The first-order valence-corrected chi connectivity index (χ1v) is 7.29. The van der Waals surface area contributed by atoms with Crippen LogP contribution in [0.5, 0.6) is 5.75 Å². The highest BCUT2D eigenvalue weighted by atomic mass is 79.9. The maximum absolute atomic E-state index is 5.24. The van der Waals surface area contributed by atoms with Gasteiger partial charge in [0.05, 0.1) is 13.7 Å². The van der Waals surface area contributed by atoms with Gasteiger partial charge in [-0.3, -0.25) is 0 Å². The minimum Gasteiger partial charge on any atom is -0.497 e. The average Bonchev–Trinajstić information content (AvgIpc) is 2.96. The molecule has 0 saturated heterocycles. The smallest absolute Gasteiger partial charge is 0.119 e. The molecular weight excluding hydrogens is 310 g/mol. The van der Waals surface area contributed by atoms with E-state index in [2.05, 4.69) is 56.3 Å². The second-order valence-electron chi connectivity index (χ2n) is 4.10. The van der Waals surface area contributed by atoms with Crippen molar-refractivity contribution >= 4 is 38.2 Å². The Morgan fingerprint density at radius 1 is 1.28 bits per heavy atom. The summed E-state index contributed by atoms with van der Waals surface area (Å²) >= 11 is 5.26. The summed E-state index contributed by atoms with van der Waals surface area (Å²) in [7, 11) is 1.70. The number of hydrogen-bond acceptors (Lipinski definition) is 2. The molecule has 0 bridgehead atoms. The van der Waals surface area contributed by atoms with Crippen molar-refractivity contribution in [2.75, 3.05) is 7.11 Å². The highest BCUT2D eigenvalue weighted by Crippen LogP contribution is 2.25. The fraction of sp³-hybridized carbons (Fsp3) is 0.143. The van der Waals surface area contributed by atoms with Crippen LogP contribution in [0.2, 0.25) is 0 Å². The van der Waals surface area contributed by atoms with Crippen LogP contribution in [0.25, 0.3) is 10.9 Å². The number of rotatable bonds is 3. The number of fused-ring (bicyclic) bond motifs is 1. The van der Waals surface area contributed by atoms with Crippen molar-refractivity contribution in [3.63, 3.8) is 0 Å². The first-order valence-electron chi connectivity index (χ1n) is 5.62. The van der Waals surface area contributed by atoms with E-state index in [0.29, 0.717) is 0 Å². The van der Waals surface area contributed by atoms with Crippen molar-refractivity contribution in [3.05, 3.63) is 51.3 Å². The summed E-state index contributed by atoms with van der Waals surface area (Å²) in [5.74, 6) is 0.902. The molecule has 0 N–H and O–H groups in total. The van der Waals surface area contributed by atoms with E-state index in [-0.39, 0.29) is 0 Å². The minimum absolute atomic E-state index is 0.902. The van der Waals surface area contributed by atoms with E-state index in [1.165, 1.54) is 15.8 Å². The van der Waals surface area contributed by atoms with Crippen molar-refractivity contribution in [3.8, 4) is 5.75 Å². The molecule has 1 aromatic carbocycles. The van der Waals surface area contributed by atoms with Gasteiger partial charge in [0, 0.05) is 31.8 Å². The topological polar surface area (TPSA) is 14.2 Å². The third-order valence-corrected chi connectivity index (χ3v) is 4.61. The Morgan fingerprint density at radius 3 is 2.89 bits per heavy atom. The molecule has 0 fully saturated rings. The van der Waals surface area contributed by atoms with Crippen molar-refractivity contribution in [2.24, 2.45) is 0 Å². The number of thiophene rings is 1. The largest absolute Gasteiger partial charge is 0.497 e. The first-order chi connectivity index (χ1) is 8.76. The zero-order chi connectivity index (χ0) is 12.5. The fourth-order valence-electron chi connectivity index (χ4n) is 2.05. The summed E-state index contributed by atoms with van der Waals surface area (Å²) < 4.78 is 8.65. The Balaban J connectivity index is 1.97. The van der Waals surface area contributed by atoms with Crippen LogP contribution in [0.1, 0.15) is 4.88 Å². The molecule has 92 valence electrons. The Labute approximate surface area is 118 Å². The van der Waals surface area contributed by atoms with Crippen LogP contribution in [0.15, 0.2) is 46.4 Å². The van der Waals surface area contributed by atoms with Crippen molar-refractivity contribution < 1.29 is 4.74 Å². The molecule has 18 heavy (non-hydrogen) atoms. The van der Waals surface area contributed by atoms with Gasteiger partial charge in [0.25, 0.3) is 0 Å². The predicted molar refractivity (Wildman–Crippen MR) is 79.6 cm³/mol. The van der Waals surface area contributed by atoms with E-state index in [1.807, 2.05) is 6.07 Å². The van der Waals surface area contributed by atoms with Crippen LogP contribution in [-0.2, 0) is 6.54 Å². The summed E-state index contributed by atoms with van der Waals surface area (Å²) in [4.78, 5) is 1.34. The third-order valence-electron chi connectivity index (χ3n) is 2.93. The lowest BCUT2D eigenvalue weighted by molar-refractivity contribution is 0.415. The van der Waals surface area contributed by atoms with E-state index in [9.17, 15) is 0 Å². The molecule has 0 spiro atoms. The van der Waals surface area contributed by atoms with Gasteiger partial charge in [-0.25, -0.2) is 0 Å². The molecule has 0 radical (unpaired) electrons. The first kappa shape index (κ1) is 11.8. The second kappa shape index (κ2) is 4.78. The van der Waals surface area contributed by atoms with Gasteiger partial charge >= 0.3 is 0 Å². The second-order valence-corrected chi connectivity index (χ2v) is 6.01. The molecular formula is C14H12BrNOS. The summed E-state index contributed by atoms with van der Waals surface area (Å²) in [5, 5.41) is 3.33. The van der Waals surface area contributed by atoms with Crippen LogP contribution in [-0.4, -0.2) is 11.7 Å². The van der Waals surface area contributed by atoms with E-state index < -0.39 is 0 Å². The highest BCUT2D eigenvalue weighted by Gasteiger charge is 2.04. The van der Waals surface area contributed by atoms with Gasteiger partial charge in [-0.2, -0.15) is 0 Å². The summed E-state index contributed by atoms with van der Waals surface area (Å²) in [6.45, 7) is 0.909. The SMILES string of the molecule is COc1ccc2c(ccn2Cc2cc(Br)cs2)c1. The van der Waals surface area contributed by atoms with Crippen LogP contribution in [0.4, 0.5) is 0 Å². The Morgan fingerprint density at radius 2 is 2.17 bits per heavy atom. The molecule has 0 aliphatic carbocycles. The van der Waals surface area contributed by atoms with Crippen LogP contribution < -0.4 is 4.74 Å². The van der Waals surface area contributed by atoms with Crippen molar-refractivity contribution in [2.45, 2.75) is 6.54 Å². The zero-order valence-corrected chi connectivity index (χ0v) is 12.3. The third kappa shape index (κ3) is 2.18. The lowest BCUT2D eigenvalue weighted by Crippen LogP contribution is -1.95. The molecule has 0 aliphatic rings. The predicted octanol–water partition coefficient (Wildman–Crippen LogP) is 4.52. The number of aromatic nitrogens is 1. The molecule has 3 rings (SSSR count). The van der Waals surface area contributed by atoms with Gasteiger partial charge in [-0.15, -0.1) is 11.3 Å². The van der Waals surface area contributed by atoms with Crippen LogP contribution in [0, 0.1) is 0 Å². The summed E-state index contributed by atoms with van der Waals surface area (Å²) in [5.41, 5.74) is 1.24. The van der Waals surface area contributed by atoms with E-state index >= 15 is 0 Å². The quantitative estimate of drug-likeness (QED) is 0.691. The van der Waals surface area contributed by atoms with Crippen LogP contribution >= 0.6 is 27.3 Å². The number of hydrogen-bond donors (Lipinski definition) is 0. The van der Waals surface area contributed by atoms with Gasteiger partial charge < -0.3 is 9.30 Å². The molecule has 2 nitrogen and oxygen atoms in total.